The Kier molecular flexibility index (Phi) is 5.48. The highest BCUT2D eigenvalue weighted by Gasteiger charge is 2.27. The molecule has 0 N–H and O–H groups in total. The van der Waals surface area contributed by atoms with E-state index in [0.717, 1.165) is 63.1 Å². The predicted octanol–water partition coefficient (Wildman–Crippen LogP) is 3.77. The van der Waals surface area contributed by atoms with Crippen molar-refractivity contribution >= 4 is 11.6 Å². The summed E-state index contributed by atoms with van der Waals surface area (Å²) in [5.74, 6) is 0.123. The van der Waals surface area contributed by atoms with Gasteiger partial charge in [0.15, 0.2) is 0 Å². The number of aromatic nitrogens is 1. The van der Waals surface area contributed by atoms with Crippen molar-refractivity contribution in [1.82, 2.24) is 9.88 Å². The summed E-state index contributed by atoms with van der Waals surface area (Å²) in [5, 5.41) is 0. The van der Waals surface area contributed by atoms with Gasteiger partial charge in [-0.05, 0) is 49.9 Å². The number of amides is 1. The Hall–Kier alpha value is -2.27. The van der Waals surface area contributed by atoms with Gasteiger partial charge in [-0.25, -0.2) is 4.98 Å². The van der Waals surface area contributed by atoms with Crippen molar-refractivity contribution in [2.24, 2.45) is 0 Å². The van der Waals surface area contributed by atoms with Crippen molar-refractivity contribution in [1.29, 1.82) is 0 Å². The smallest absolute Gasteiger partial charge is 0.226 e. The molecule has 0 saturated carbocycles. The highest BCUT2D eigenvalue weighted by Crippen LogP contribution is 2.29. The van der Waals surface area contributed by atoms with Crippen LogP contribution in [0, 0.1) is 5.95 Å². The second-order valence-corrected chi connectivity index (χ2v) is 7.55. The summed E-state index contributed by atoms with van der Waals surface area (Å²) in [6.07, 6.45) is 6.10. The first-order valence-electron chi connectivity index (χ1n) is 9.93. The van der Waals surface area contributed by atoms with Crippen LogP contribution in [-0.2, 0) is 11.2 Å². The van der Waals surface area contributed by atoms with Gasteiger partial charge < -0.3 is 9.80 Å². The van der Waals surface area contributed by atoms with E-state index in [0.29, 0.717) is 6.42 Å². The fourth-order valence-corrected chi connectivity index (χ4v) is 4.32. The van der Waals surface area contributed by atoms with E-state index in [1.807, 2.05) is 29.2 Å². The van der Waals surface area contributed by atoms with Gasteiger partial charge in [0.25, 0.3) is 0 Å². The van der Waals surface area contributed by atoms with Crippen molar-refractivity contribution in [3.05, 3.63) is 59.7 Å². The number of hydrogen-bond acceptors (Lipinski definition) is 3. The standard InChI is InChI=1S/C22H26FN3O/c23-22-19(7-5-12-24-22)18-11-15-25(16-18)14-10-17-6-1-2-8-20(17)26-13-4-3-9-21(26)27/h1-2,5-8,12,18H,3-4,9-11,13-16H2. The van der Waals surface area contributed by atoms with E-state index in [1.54, 1.807) is 0 Å². The number of carbonyl (C=O) groups is 1. The Labute approximate surface area is 160 Å². The first kappa shape index (κ1) is 18.1. The molecule has 1 aromatic carbocycles. The largest absolute Gasteiger partial charge is 0.312 e. The Morgan fingerprint density at radius 2 is 2.00 bits per heavy atom. The van der Waals surface area contributed by atoms with Crippen molar-refractivity contribution in [3.8, 4) is 0 Å². The molecule has 0 aliphatic carbocycles. The quantitative estimate of drug-likeness (QED) is 0.755. The number of carbonyl (C=O) groups excluding carboxylic acids is 1. The highest BCUT2D eigenvalue weighted by atomic mass is 19.1. The second kappa shape index (κ2) is 8.17. The van der Waals surface area contributed by atoms with Crippen LogP contribution in [0.25, 0.3) is 0 Å². The maximum atomic E-state index is 13.9. The molecule has 5 heteroatoms. The lowest BCUT2D eigenvalue weighted by Crippen LogP contribution is -2.36. The van der Waals surface area contributed by atoms with E-state index in [-0.39, 0.29) is 17.8 Å². The predicted molar refractivity (Wildman–Crippen MR) is 104 cm³/mol. The maximum absolute atomic E-state index is 13.9. The van der Waals surface area contributed by atoms with E-state index >= 15 is 0 Å². The Balaban J connectivity index is 1.40. The van der Waals surface area contributed by atoms with E-state index in [1.165, 1.54) is 11.8 Å². The zero-order chi connectivity index (χ0) is 18.6. The number of benzene rings is 1. The van der Waals surface area contributed by atoms with Crippen LogP contribution in [0.15, 0.2) is 42.6 Å². The van der Waals surface area contributed by atoms with Gasteiger partial charge in [0.1, 0.15) is 0 Å². The molecule has 1 unspecified atom stereocenters. The molecule has 1 amide bonds. The molecule has 2 aliphatic rings. The molecular weight excluding hydrogens is 341 g/mol. The minimum Gasteiger partial charge on any atom is -0.312 e. The molecule has 2 fully saturated rings. The zero-order valence-corrected chi connectivity index (χ0v) is 15.6. The summed E-state index contributed by atoms with van der Waals surface area (Å²) in [5.41, 5.74) is 3.03. The minimum absolute atomic E-state index is 0.220. The molecule has 0 bridgehead atoms. The normalized spacial score (nSPS) is 21.0. The van der Waals surface area contributed by atoms with Gasteiger partial charge in [-0.1, -0.05) is 24.3 Å². The summed E-state index contributed by atoms with van der Waals surface area (Å²) in [4.78, 5) is 20.5. The average Bonchev–Trinajstić information content (AvgIpc) is 3.16. The second-order valence-electron chi connectivity index (χ2n) is 7.55. The molecule has 3 heterocycles. The van der Waals surface area contributed by atoms with E-state index in [9.17, 15) is 9.18 Å². The van der Waals surface area contributed by atoms with Crippen LogP contribution in [0.3, 0.4) is 0 Å². The zero-order valence-electron chi connectivity index (χ0n) is 15.6. The monoisotopic (exact) mass is 367 g/mol. The van der Waals surface area contributed by atoms with Crippen LogP contribution in [0.5, 0.6) is 0 Å². The molecular formula is C22H26FN3O. The van der Waals surface area contributed by atoms with Gasteiger partial charge >= 0.3 is 0 Å². The number of piperidine rings is 1. The fraction of sp³-hybridized carbons (Fsp3) is 0.455. The molecule has 2 aliphatic heterocycles. The van der Waals surface area contributed by atoms with Gasteiger partial charge in [0, 0.05) is 49.4 Å². The number of para-hydroxylation sites is 1. The lowest BCUT2D eigenvalue weighted by atomic mass is 10.00. The van der Waals surface area contributed by atoms with Crippen molar-refractivity contribution < 1.29 is 9.18 Å². The molecule has 1 atom stereocenters. The Bertz CT molecular complexity index is 810. The van der Waals surface area contributed by atoms with Crippen molar-refractivity contribution in [2.45, 2.75) is 38.0 Å². The van der Waals surface area contributed by atoms with Crippen LogP contribution < -0.4 is 4.90 Å². The van der Waals surface area contributed by atoms with Crippen molar-refractivity contribution in [3.63, 3.8) is 0 Å². The van der Waals surface area contributed by atoms with Gasteiger partial charge in [0.2, 0.25) is 11.9 Å². The molecule has 142 valence electrons. The van der Waals surface area contributed by atoms with Crippen molar-refractivity contribution in [2.75, 3.05) is 31.1 Å². The number of pyridine rings is 1. The number of nitrogens with zero attached hydrogens (tertiary/aromatic N) is 3. The SMILES string of the molecule is O=C1CCCCN1c1ccccc1CCN1CCC(c2cccnc2F)C1. The molecule has 4 rings (SSSR count). The van der Waals surface area contributed by atoms with Gasteiger partial charge in [0.05, 0.1) is 0 Å². The van der Waals surface area contributed by atoms with E-state index in [4.69, 9.17) is 0 Å². The number of anilines is 1. The summed E-state index contributed by atoms with van der Waals surface area (Å²) in [6.45, 7) is 3.59. The number of rotatable bonds is 5. The summed E-state index contributed by atoms with van der Waals surface area (Å²) in [6, 6.07) is 11.9. The lowest BCUT2D eigenvalue weighted by Gasteiger charge is -2.29. The topological polar surface area (TPSA) is 36.4 Å². The van der Waals surface area contributed by atoms with Crippen LogP contribution in [0.4, 0.5) is 10.1 Å². The third-order valence-corrected chi connectivity index (χ3v) is 5.80. The summed E-state index contributed by atoms with van der Waals surface area (Å²) >= 11 is 0. The Morgan fingerprint density at radius 3 is 2.85 bits per heavy atom. The molecule has 1 aromatic heterocycles. The molecule has 4 nitrogen and oxygen atoms in total. The van der Waals surface area contributed by atoms with E-state index < -0.39 is 0 Å². The van der Waals surface area contributed by atoms with Crippen LogP contribution in [-0.4, -0.2) is 42.0 Å². The summed E-state index contributed by atoms with van der Waals surface area (Å²) in [7, 11) is 0. The van der Waals surface area contributed by atoms with Gasteiger partial charge in [-0.2, -0.15) is 4.39 Å². The van der Waals surface area contributed by atoms with Crippen LogP contribution in [0.2, 0.25) is 0 Å². The Morgan fingerprint density at radius 1 is 1.11 bits per heavy atom. The third-order valence-electron chi connectivity index (χ3n) is 5.80. The number of hydrogen-bond donors (Lipinski definition) is 0. The first-order valence-corrected chi connectivity index (χ1v) is 9.93. The highest BCUT2D eigenvalue weighted by molar-refractivity contribution is 5.94. The first-order chi connectivity index (χ1) is 13.2. The molecule has 27 heavy (non-hydrogen) atoms. The number of halogens is 1. The summed E-state index contributed by atoms with van der Waals surface area (Å²) < 4.78 is 13.9. The molecule has 0 radical (unpaired) electrons. The van der Waals surface area contributed by atoms with Crippen LogP contribution >= 0.6 is 0 Å². The maximum Gasteiger partial charge on any atom is 0.226 e. The van der Waals surface area contributed by atoms with Gasteiger partial charge in [-0.15, -0.1) is 0 Å². The lowest BCUT2D eigenvalue weighted by molar-refractivity contribution is -0.119. The van der Waals surface area contributed by atoms with Gasteiger partial charge in [-0.3, -0.25) is 4.79 Å². The molecule has 0 spiro atoms. The number of likely N-dealkylation sites (tertiary alicyclic amines) is 1. The average molecular weight is 367 g/mol. The molecule has 2 saturated heterocycles. The van der Waals surface area contributed by atoms with Crippen LogP contribution in [0.1, 0.15) is 42.7 Å². The van der Waals surface area contributed by atoms with E-state index in [2.05, 4.69) is 22.0 Å². The fourth-order valence-electron chi connectivity index (χ4n) is 4.32. The molecule has 2 aromatic rings. The minimum atomic E-state index is -0.335. The third kappa shape index (κ3) is 4.03.